The molecule has 0 unspecified atom stereocenters. The van der Waals surface area contributed by atoms with Crippen LogP contribution in [0.3, 0.4) is 0 Å². The smallest absolute Gasteiger partial charge is 0.349 e. The first-order valence-corrected chi connectivity index (χ1v) is 10.3. The van der Waals surface area contributed by atoms with E-state index < -0.39 is 17.3 Å². The molecule has 1 aliphatic rings. The third-order valence-electron chi connectivity index (χ3n) is 5.25. The molecule has 3 aromatic rings. The number of anilines is 1. The average Bonchev–Trinajstić information content (AvgIpc) is 2.80. The van der Waals surface area contributed by atoms with Gasteiger partial charge in [0.1, 0.15) is 11.4 Å². The summed E-state index contributed by atoms with van der Waals surface area (Å²) in [7, 11) is 1.48. The van der Waals surface area contributed by atoms with Gasteiger partial charge in [-0.3, -0.25) is 4.79 Å². The molecule has 1 amide bonds. The molecule has 9 heteroatoms. The summed E-state index contributed by atoms with van der Waals surface area (Å²) in [6.07, 6.45) is 0. The van der Waals surface area contributed by atoms with Gasteiger partial charge in [0.15, 0.2) is 11.3 Å². The number of rotatable bonds is 6. The number of hydrogen-bond donors (Lipinski definition) is 3. The van der Waals surface area contributed by atoms with Crippen LogP contribution in [0, 0.1) is 5.82 Å². The minimum absolute atomic E-state index is 0.141. The van der Waals surface area contributed by atoms with Crippen LogP contribution in [-0.4, -0.2) is 39.3 Å². The van der Waals surface area contributed by atoms with Gasteiger partial charge in [0, 0.05) is 42.3 Å². The lowest BCUT2D eigenvalue weighted by Crippen LogP contribution is -2.42. The van der Waals surface area contributed by atoms with Crippen molar-refractivity contribution in [1.82, 2.24) is 10.6 Å². The molecule has 1 atom stereocenters. The van der Waals surface area contributed by atoms with Crippen molar-refractivity contribution in [3.8, 4) is 11.5 Å². The maximum atomic E-state index is 14.6. The van der Waals surface area contributed by atoms with E-state index in [-0.39, 0.29) is 22.9 Å². The summed E-state index contributed by atoms with van der Waals surface area (Å²) in [5, 5.41) is 9.52. The first kappa shape index (κ1) is 21.8. The molecule has 168 valence electrons. The van der Waals surface area contributed by atoms with Gasteiger partial charge < -0.3 is 29.8 Å². The second kappa shape index (κ2) is 9.37. The molecule has 2 aromatic carbocycles. The van der Waals surface area contributed by atoms with E-state index in [0.29, 0.717) is 35.6 Å². The van der Waals surface area contributed by atoms with E-state index >= 15 is 0 Å². The molecule has 4 rings (SSSR count). The SMILES string of the molecule is CCOc1c(OC)ccc2cc(C(=O)Nc3ccc([C@H]4CNCCN4)c(F)c3)c(=O)oc12. The molecule has 1 aliphatic heterocycles. The van der Waals surface area contributed by atoms with Gasteiger partial charge in [0.2, 0.25) is 5.75 Å². The van der Waals surface area contributed by atoms with Crippen molar-refractivity contribution >= 4 is 22.6 Å². The number of methoxy groups -OCH3 is 1. The summed E-state index contributed by atoms with van der Waals surface area (Å²) in [5.74, 6) is -0.431. The molecule has 8 nitrogen and oxygen atoms in total. The van der Waals surface area contributed by atoms with Crippen LogP contribution in [0.5, 0.6) is 11.5 Å². The van der Waals surface area contributed by atoms with Crippen molar-refractivity contribution in [1.29, 1.82) is 0 Å². The van der Waals surface area contributed by atoms with Crippen molar-refractivity contribution in [2.45, 2.75) is 13.0 Å². The molecule has 3 N–H and O–H groups in total. The van der Waals surface area contributed by atoms with Crippen LogP contribution >= 0.6 is 0 Å². The predicted molar refractivity (Wildman–Crippen MR) is 118 cm³/mol. The molecule has 1 saturated heterocycles. The number of piperazine rings is 1. The maximum Gasteiger partial charge on any atom is 0.349 e. The van der Waals surface area contributed by atoms with Crippen molar-refractivity contribution < 1.29 is 23.1 Å². The maximum absolute atomic E-state index is 14.6. The number of carbonyl (C=O) groups is 1. The van der Waals surface area contributed by atoms with Crippen molar-refractivity contribution in [2.75, 3.05) is 38.7 Å². The summed E-state index contributed by atoms with van der Waals surface area (Å²) in [6.45, 7) is 4.34. The van der Waals surface area contributed by atoms with Gasteiger partial charge in [-0.25, -0.2) is 9.18 Å². The Morgan fingerprint density at radius 2 is 2.09 bits per heavy atom. The van der Waals surface area contributed by atoms with E-state index in [4.69, 9.17) is 13.9 Å². The van der Waals surface area contributed by atoms with Crippen LogP contribution in [0.2, 0.25) is 0 Å². The largest absolute Gasteiger partial charge is 0.493 e. The predicted octanol–water partition coefficient (Wildman–Crippen LogP) is 2.83. The lowest BCUT2D eigenvalue weighted by Gasteiger charge is -2.25. The molecular weight excluding hydrogens is 417 g/mol. The monoisotopic (exact) mass is 441 g/mol. The Hall–Kier alpha value is -3.43. The highest BCUT2D eigenvalue weighted by Crippen LogP contribution is 2.35. The van der Waals surface area contributed by atoms with Gasteiger partial charge in [0.25, 0.3) is 5.91 Å². The Kier molecular flexibility index (Phi) is 6.38. The zero-order chi connectivity index (χ0) is 22.7. The molecular formula is C23H24FN3O5. The number of amides is 1. The summed E-state index contributed by atoms with van der Waals surface area (Å²) in [6, 6.07) is 9.07. The highest BCUT2D eigenvalue weighted by atomic mass is 19.1. The third-order valence-corrected chi connectivity index (χ3v) is 5.25. The number of fused-ring (bicyclic) bond motifs is 1. The highest BCUT2D eigenvalue weighted by Gasteiger charge is 2.21. The Balaban J connectivity index is 1.60. The summed E-state index contributed by atoms with van der Waals surface area (Å²) in [4.78, 5) is 25.3. The van der Waals surface area contributed by atoms with Gasteiger partial charge in [0.05, 0.1) is 13.7 Å². The number of nitrogens with one attached hydrogen (secondary N) is 3. The Morgan fingerprint density at radius 1 is 1.25 bits per heavy atom. The minimum Gasteiger partial charge on any atom is -0.493 e. The van der Waals surface area contributed by atoms with Gasteiger partial charge in [-0.15, -0.1) is 0 Å². The number of halogens is 1. The standard InChI is InChI=1S/C23H24FN3O5/c1-3-31-21-19(30-2)7-4-13-10-16(23(29)32-20(13)21)22(28)27-14-5-6-15(17(24)11-14)18-12-25-8-9-26-18/h4-7,10-11,18,25-26H,3,8-9,12H2,1-2H3,(H,27,28)/t18-/m1/s1. The van der Waals surface area contributed by atoms with E-state index in [1.54, 1.807) is 31.2 Å². The quantitative estimate of drug-likeness (QED) is 0.506. The number of ether oxygens (including phenoxy) is 2. The van der Waals surface area contributed by atoms with Gasteiger partial charge in [-0.1, -0.05) is 6.07 Å². The van der Waals surface area contributed by atoms with Gasteiger partial charge in [-0.2, -0.15) is 0 Å². The van der Waals surface area contributed by atoms with Crippen LogP contribution < -0.4 is 31.0 Å². The second-order valence-corrected chi connectivity index (χ2v) is 7.30. The highest BCUT2D eigenvalue weighted by molar-refractivity contribution is 6.05. The molecule has 0 spiro atoms. The Labute approximate surface area is 183 Å². The fourth-order valence-corrected chi connectivity index (χ4v) is 3.70. The number of benzene rings is 2. The Bertz CT molecular complexity index is 1200. The zero-order valence-electron chi connectivity index (χ0n) is 17.8. The number of carbonyl (C=O) groups excluding carboxylic acids is 1. The van der Waals surface area contributed by atoms with E-state index in [1.807, 2.05) is 0 Å². The van der Waals surface area contributed by atoms with Crippen LogP contribution in [0.1, 0.15) is 28.9 Å². The van der Waals surface area contributed by atoms with E-state index in [9.17, 15) is 14.0 Å². The van der Waals surface area contributed by atoms with Gasteiger partial charge in [-0.05, 0) is 37.3 Å². The van der Waals surface area contributed by atoms with Crippen molar-refractivity contribution in [2.24, 2.45) is 0 Å². The lowest BCUT2D eigenvalue weighted by molar-refractivity contribution is 0.102. The van der Waals surface area contributed by atoms with Crippen LogP contribution in [0.25, 0.3) is 11.0 Å². The molecule has 0 aliphatic carbocycles. The first-order chi connectivity index (χ1) is 15.5. The third kappa shape index (κ3) is 4.30. The Morgan fingerprint density at radius 3 is 2.78 bits per heavy atom. The fourth-order valence-electron chi connectivity index (χ4n) is 3.70. The minimum atomic E-state index is -0.834. The van der Waals surface area contributed by atoms with E-state index in [0.717, 1.165) is 13.1 Å². The average molecular weight is 441 g/mol. The summed E-state index contributed by atoms with van der Waals surface area (Å²) in [5.41, 5.74) is -0.0923. The normalized spacial score (nSPS) is 16.0. The number of hydrogen-bond acceptors (Lipinski definition) is 7. The van der Waals surface area contributed by atoms with Crippen LogP contribution in [0.15, 0.2) is 45.6 Å². The summed E-state index contributed by atoms with van der Waals surface area (Å²) >= 11 is 0. The molecule has 2 heterocycles. The van der Waals surface area contributed by atoms with E-state index in [2.05, 4.69) is 16.0 Å². The molecule has 0 radical (unpaired) electrons. The summed E-state index contributed by atoms with van der Waals surface area (Å²) < 4.78 is 30.8. The topological polar surface area (TPSA) is 102 Å². The molecule has 1 aromatic heterocycles. The van der Waals surface area contributed by atoms with Gasteiger partial charge >= 0.3 is 5.63 Å². The molecule has 0 bridgehead atoms. The van der Waals surface area contributed by atoms with E-state index in [1.165, 1.54) is 19.2 Å². The first-order valence-electron chi connectivity index (χ1n) is 10.3. The van der Waals surface area contributed by atoms with Crippen LogP contribution in [0.4, 0.5) is 10.1 Å². The lowest BCUT2D eigenvalue weighted by atomic mass is 10.0. The fraction of sp³-hybridized carbons (Fsp3) is 0.304. The molecule has 1 fully saturated rings. The molecule has 32 heavy (non-hydrogen) atoms. The zero-order valence-corrected chi connectivity index (χ0v) is 17.8. The van der Waals surface area contributed by atoms with Crippen molar-refractivity contribution in [3.63, 3.8) is 0 Å². The van der Waals surface area contributed by atoms with Crippen LogP contribution in [-0.2, 0) is 0 Å². The second-order valence-electron chi connectivity index (χ2n) is 7.30. The molecule has 0 saturated carbocycles. The van der Waals surface area contributed by atoms with Crippen molar-refractivity contribution in [3.05, 3.63) is 63.8 Å².